The van der Waals surface area contributed by atoms with Gasteiger partial charge in [-0.2, -0.15) is 0 Å². The summed E-state index contributed by atoms with van der Waals surface area (Å²) in [5, 5.41) is 0. The highest BCUT2D eigenvalue weighted by molar-refractivity contribution is 5.22. The van der Waals surface area contributed by atoms with Crippen molar-refractivity contribution in [3.8, 4) is 0 Å². The van der Waals surface area contributed by atoms with Crippen molar-refractivity contribution in [2.24, 2.45) is 0 Å². The van der Waals surface area contributed by atoms with Gasteiger partial charge in [0.15, 0.2) is 0 Å². The van der Waals surface area contributed by atoms with Crippen LogP contribution in [0.25, 0.3) is 0 Å². The van der Waals surface area contributed by atoms with Crippen LogP contribution in [-0.2, 0) is 4.74 Å². The third-order valence-corrected chi connectivity index (χ3v) is 3.72. The fraction of sp³-hybridized carbons (Fsp3) is 0.333. The average molecular weight is 254 g/mol. The van der Waals surface area contributed by atoms with Crippen LogP contribution in [0, 0.1) is 0 Å². The number of hydrogen-bond acceptors (Lipinski definition) is 1. The Morgan fingerprint density at radius 3 is 1.84 bits per heavy atom. The molecule has 1 heteroatoms. The summed E-state index contributed by atoms with van der Waals surface area (Å²) >= 11 is 0. The van der Waals surface area contributed by atoms with E-state index >= 15 is 0 Å². The fourth-order valence-electron chi connectivity index (χ4n) is 2.56. The van der Waals surface area contributed by atoms with Gasteiger partial charge < -0.3 is 4.74 Å². The van der Waals surface area contributed by atoms with E-state index in [1.165, 1.54) is 11.1 Å². The number of methoxy groups -OCH3 is 1. The second kappa shape index (κ2) is 7.10. The molecule has 0 radical (unpaired) electrons. The molecule has 0 bridgehead atoms. The van der Waals surface area contributed by atoms with Crippen molar-refractivity contribution in [3.63, 3.8) is 0 Å². The Labute approximate surface area is 116 Å². The minimum Gasteiger partial charge on any atom is -0.377 e. The maximum absolute atomic E-state index is 5.69. The van der Waals surface area contributed by atoms with Crippen LogP contribution in [0.3, 0.4) is 0 Å². The average Bonchev–Trinajstić information content (AvgIpc) is 2.50. The van der Waals surface area contributed by atoms with Crippen LogP contribution in [0.5, 0.6) is 0 Å². The van der Waals surface area contributed by atoms with Crippen molar-refractivity contribution in [2.45, 2.75) is 31.8 Å². The summed E-state index contributed by atoms with van der Waals surface area (Å²) in [6.45, 7) is 2.25. The van der Waals surface area contributed by atoms with Gasteiger partial charge in [0, 0.05) is 7.11 Å². The molecule has 100 valence electrons. The van der Waals surface area contributed by atoms with E-state index in [1.807, 2.05) is 6.07 Å². The van der Waals surface area contributed by atoms with E-state index in [4.69, 9.17) is 4.74 Å². The number of ether oxygens (including phenoxy) is 1. The lowest BCUT2D eigenvalue weighted by Gasteiger charge is -2.22. The maximum Gasteiger partial charge on any atom is 0.0827 e. The first kappa shape index (κ1) is 13.8. The molecule has 0 aliphatic heterocycles. The maximum atomic E-state index is 5.69. The molecular formula is C18H22O. The van der Waals surface area contributed by atoms with Crippen LogP contribution < -0.4 is 0 Å². The molecule has 0 aliphatic carbocycles. The predicted octanol–water partition coefficient (Wildman–Crippen LogP) is 4.96. The summed E-state index contributed by atoms with van der Waals surface area (Å²) in [4.78, 5) is 0. The third kappa shape index (κ3) is 3.68. The standard InChI is InChI=1S/C18H22O/c1-3-15(16-10-6-4-7-11-16)14-18(19-2)17-12-8-5-9-13-17/h4-13,15,18H,3,14H2,1-2H3. The van der Waals surface area contributed by atoms with E-state index in [2.05, 4.69) is 61.5 Å². The fourth-order valence-corrected chi connectivity index (χ4v) is 2.56. The summed E-state index contributed by atoms with van der Waals surface area (Å²) in [5.74, 6) is 0.548. The summed E-state index contributed by atoms with van der Waals surface area (Å²) in [7, 11) is 1.80. The molecule has 1 nitrogen and oxygen atoms in total. The Kier molecular flexibility index (Phi) is 5.17. The molecule has 0 aromatic heterocycles. The van der Waals surface area contributed by atoms with Crippen LogP contribution in [-0.4, -0.2) is 7.11 Å². The van der Waals surface area contributed by atoms with E-state index in [1.54, 1.807) is 7.11 Å². The van der Waals surface area contributed by atoms with Gasteiger partial charge in [0.1, 0.15) is 0 Å². The summed E-state index contributed by atoms with van der Waals surface area (Å²) in [6.07, 6.45) is 2.34. The Bertz CT molecular complexity index is 418. The Morgan fingerprint density at radius 2 is 1.37 bits per heavy atom. The van der Waals surface area contributed by atoms with Gasteiger partial charge >= 0.3 is 0 Å². The number of rotatable bonds is 6. The molecule has 2 rings (SSSR count). The van der Waals surface area contributed by atoms with Gasteiger partial charge in [0.25, 0.3) is 0 Å². The molecule has 0 heterocycles. The van der Waals surface area contributed by atoms with Gasteiger partial charge in [-0.1, -0.05) is 67.6 Å². The Hall–Kier alpha value is -1.60. The van der Waals surface area contributed by atoms with Crippen LogP contribution in [0.1, 0.15) is 42.9 Å². The first-order valence-electron chi connectivity index (χ1n) is 6.97. The number of hydrogen-bond donors (Lipinski definition) is 0. The zero-order valence-corrected chi connectivity index (χ0v) is 11.8. The summed E-state index contributed by atoms with van der Waals surface area (Å²) in [6, 6.07) is 21.2. The van der Waals surface area contributed by atoms with Gasteiger partial charge in [-0.05, 0) is 29.9 Å². The number of benzene rings is 2. The Morgan fingerprint density at radius 1 is 0.842 bits per heavy atom. The highest BCUT2D eigenvalue weighted by atomic mass is 16.5. The van der Waals surface area contributed by atoms with Crippen LogP contribution >= 0.6 is 0 Å². The lowest BCUT2D eigenvalue weighted by atomic mass is 9.89. The third-order valence-electron chi connectivity index (χ3n) is 3.72. The molecule has 0 saturated carbocycles. The van der Waals surface area contributed by atoms with E-state index < -0.39 is 0 Å². The van der Waals surface area contributed by atoms with Crippen LogP contribution in [0.15, 0.2) is 60.7 Å². The first-order valence-corrected chi connectivity index (χ1v) is 6.97. The van der Waals surface area contributed by atoms with Crippen molar-refractivity contribution in [3.05, 3.63) is 71.8 Å². The van der Waals surface area contributed by atoms with Crippen LogP contribution in [0.2, 0.25) is 0 Å². The zero-order chi connectivity index (χ0) is 13.5. The second-order valence-corrected chi connectivity index (χ2v) is 4.89. The molecule has 19 heavy (non-hydrogen) atoms. The second-order valence-electron chi connectivity index (χ2n) is 4.89. The van der Waals surface area contributed by atoms with Crippen molar-refractivity contribution in [2.75, 3.05) is 7.11 Å². The van der Waals surface area contributed by atoms with Gasteiger partial charge in [-0.3, -0.25) is 0 Å². The molecule has 0 spiro atoms. The molecule has 2 atom stereocenters. The van der Waals surface area contributed by atoms with Gasteiger partial charge in [-0.25, -0.2) is 0 Å². The smallest absolute Gasteiger partial charge is 0.0827 e. The predicted molar refractivity (Wildman–Crippen MR) is 80.3 cm³/mol. The van der Waals surface area contributed by atoms with Crippen molar-refractivity contribution < 1.29 is 4.74 Å². The molecule has 0 N–H and O–H groups in total. The first-order chi connectivity index (χ1) is 9.35. The zero-order valence-electron chi connectivity index (χ0n) is 11.8. The molecule has 2 aromatic rings. The molecule has 0 aliphatic rings. The molecule has 0 saturated heterocycles. The van der Waals surface area contributed by atoms with E-state index in [-0.39, 0.29) is 6.10 Å². The van der Waals surface area contributed by atoms with Gasteiger partial charge in [0.05, 0.1) is 6.10 Å². The van der Waals surface area contributed by atoms with E-state index in [9.17, 15) is 0 Å². The van der Waals surface area contributed by atoms with Crippen molar-refractivity contribution in [1.29, 1.82) is 0 Å². The van der Waals surface area contributed by atoms with Crippen LogP contribution in [0.4, 0.5) is 0 Å². The SMILES string of the molecule is CCC(CC(OC)c1ccccc1)c1ccccc1. The van der Waals surface area contributed by atoms with Gasteiger partial charge in [0.2, 0.25) is 0 Å². The quantitative estimate of drug-likeness (QED) is 0.708. The largest absolute Gasteiger partial charge is 0.377 e. The summed E-state index contributed by atoms with van der Waals surface area (Å²) < 4.78 is 5.69. The summed E-state index contributed by atoms with van der Waals surface area (Å²) in [5.41, 5.74) is 2.67. The monoisotopic (exact) mass is 254 g/mol. The lowest BCUT2D eigenvalue weighted by molar-refractivity contribution is 0.0884. The molecular weight excluding hydrogens is 232 g/mol. The molecule has 2 aromatic carbocycles. The normalized spacial score (nSPS) is 14.0. The molecule has 0 amide bonds. The minimum absolute atomic E-state index is 0.173. The lowest BCUT2D eigenvalue weighted by Crippen LogP contribution is -2.08. The van der Waals surface area contributed by atoms with E-state index in [0.29, 0.717) is 5.92 Å². The van der Waals surface area contributed by atoms with E-state index in [0.717, 1.165) is 12.8 Å². The van der Waals surface area contributed by atoms with Crippen molar-refractivity contribution >= 4 is 0 Å². The minimum atomic E-state index is 0.173. The Balaban J connectivity index is 2.13. The molecule has 2 unspecified atom stereocenters. The van der Waals surface area contributed by atoms with Crippen molar-refractivity contribution in [1.82, 2.24) is 0 Å². The highest BCUT2D eigenvalue weighted by Crippen LogP contribution is 2.32. The van der Waals surface area contributed by atoms with Gasteiger partial charge in [-0.15, -0.1) is 0 Å². The molecule has 0 fully saturated rings. The highest BCUT2D eigenvalue weighted by Gasteiger charge is 2.17. The topological polar surface area (TPSA) is 9.23 Å².